The molecular weight excluding hydrogens is 265 g/mol. The molecule has 1 aromatic heterocycles. The fourth-order valence-corrected chi connectivity index (χ4v) is 2.90. The van der Waals surface area contributed by atoms with Gasteiger partial charge in [0, 0.05) is 17.3 Å². The fourth-order valence-electron chi connectivity index (χ4n) is 2.90. The van der Waals surface area contributed by atoms with Crippen LogP contribution in [0, 0.1) is 5.82 Å². The standard InChI is InChI=1S/C17H20FN3/c1-12(10-13-6-8-14(18)9-7-13)21-17-15-4-2-3-5-16(15)19-11-20-17/h6-9,11-12H,2-5,10H2,1H3,(H,19,20,21). The van der Waals surface area contributed by atoms with Gasteiger partial charge >= 0.3 is 0 Å². The molecule has 1 aliphatic carbocycles. The van der Waals surface area contributed by atoms with E-state index < -0.39 is 0 Å². The number of hydrogen-bond donors (Lipinski definition) is 1. The van der Waals surface area contributed by atoms with Gasteiger partial charge in [-0.2, -0.15) is 0 Å². The molecule has 1 N–H and O–H groups in total. The van der Waals surface area contributed by atoms with Gasteiger partial charge in [0.2, 0.25) is 0 Å². The van der Waals surface area contributed by atoms with E-state index in [-0.39, 0.29) is 11.9 Å². The number of hydrogen-bond acceptors (Lipinski definition) is 3. The number of fused-ring (bicyclic) bond motifs is 1. The molecule has 1 unspecified atom stereocenters. The molecule has 0 fully saturated rings. The number of halogens is 1. The molecule has 0 saturated heterocycles. The molecule has 3 nitrogen and oxygen atoms in total. The summed E-state index contributed by atoms with van der Waals surface area (Å²) in [6, 6.07) is 6.94. The van der Waals surface area contributed by atoms with Crippen molar-refractivity contribution < 1.29 is 4.39 Å². The van der Waals surface area contributed by atoms with Crippen molar-refractivity contribution in [2.75, 3.05) is 5.32 Å². The molecular formula is C17H20FN3. The number of aromatic nitrogens is 2. The van der Waals surface area contributed by atoms with E-state index in [0.717, 1.165) is 30.6 Å². The Kier molecular flexibility index (Phi) is 4.13. The third-order valence-electron chi connectivity index (χ3n) is 3.96. The zero-order valence-electron chi connectivity index (χ0n) is 12.3. The molecule has 0 bridgehead atoms. The molecule has 0 spiro atoms. The highest BCUT2D eigenvalue weighted by atomic mass is 19.1. The highest BCUT2D eigenvalue weighted by Gasteiger charge is 2.16. The van der Waals surface area contributed by atoms with Gasteiger partial charge in [-0.25, -0.2) is 14.4 Å². The predicted molar refractivity (Wildman–Crippen MR) is 81.9 cm³/mol. The lowest BCUT2D eigenvalue weighted by Gasteiger charge is -2.21. The number of rotatable bonds is 4. The summed E-state index contributed by atoms with van der Waals surface area (Å²) >= 11 is 0. The summed E-state index contributed by atoms with van der Waals surface area (Å²) in [7, 11) is 0. The third-order valence-corrected chi connectivity index (χ3v) is 3.96. The average molecular weight is 285 g/mol. The summed E-state index contributed by atoms with van der Waals surface area (Å²) < 4.78 is 12.9. The molecule has 1 atom stereocenters. The Balaban J connectivity index is 1.70. The van der Waals surface area contributed by atoms with E-state index in [1.807, 2.05) is 12.1 Å². The summed E-state index contributed by atoms with van der Waals surface area (Å²) in [5.41, 5.74) is 3.58. The molecule has 21 heavy (non-hydrogen) atoms. The van der Waals surface area contributed by atoms with Crippen molar-refractivity contribution in [1.82, 2.24) is 9.97 Å². The van der Waals surface area contributed by atoms with E-state index >= 15 is 0 Å². The summed E-state index contributed by atoms with van der Waals surface area (Å²) in [4.78, 5) is 8.79. The second kappa shape index (κ2) is 6.20. The first kappa shape index (κ1) is 14.0. The molecule has 0 radical (unpaired) electrons. The first-order valence-electron chi connectivity index (χ1n) is 7.56. The maximum atomic E-state index is 12.9. The molecule has 0 saturated carbocycles. The van der Waals surface area contributed by atoms with Crippen LogP contribution in [-0.2, 0) is 19.3 Å². The highest BCUT2D eigenvalue weighted by Crippen LogP contribution is 2.25. The van der Waals surface area contributed by atoms with Gasteiger partial charge in [-0.3, -0.25) is 0 Å². The molecule has 2 aromatic rings. The smallest absolute Gasteiger partial charge is 0.133 e. The lowest BCUT2D eigenvalue weighted by Crippen LogP contribution is -2.21. The normalized spacial score (nSPS) is 15.3. The van der Waals surface area contributed by atoms with Crippen LogP contribution in [0.3, 0.4) is 0 Å². The van der Waals surface area contributed by atoms with E-state index in [1.165, 1.54) is 36.2 Å². The number of anilines is 1. The van der Waals surface area contributed by atoms with Gasteiger partial charge in [0.15, 0.2) is 0 Å². The topological polar surface area (TPSA) is 37.8 Å². The van der Waals surface area contributed by atoms with E-state index in [4.69, 9.17) is 0 Å². The Hall–Kier alpha value is -1.97. The lowest BCUT2D eigenvalue weighted by molar-refractivity contribution is 0.626. The minimum atomic E-state index is -0.191. The Labute approximate surface area is 124 Å². The second-order valence-corrected chi connectivity index (χ2v) is 5.73. The average Bonchev–Trinajstić information content (AvgIpc) is 2.50. The molecule has 3 rings (SSSR count). The van der Waals surface area contributed by atoms with Gasteiger partial charge in [0.1, 0.15) is 18.0 Å². The van der Waals surface area contributed by atoms with Crippen LogP contribution in [0.15, 0.2) is 30.6 Å². The van der Waals surface area contributed by atoms with E-state index in [2.05, 4.69) is 22.2 Å². The van der Waals surface area contributed by atoms with Crippen LogP contribution in [0.4, 0.5) is 10.2 Å². The van der Waals surface area contributed by atoms with Gasteiger partial charge in [-0.15, -0.1) is 0 Å². The quantitative estimate of drug-likeness (QED) is 0.933. The van der Waals surface area contributed by atoms with Crippen molar-refractivity contribution in [1.29, 1.82) is 0 Å². The van der Waals surface area contributed by atoms with Crippen LogP contribution in [-0.4, -0.2) is 16.0 Å². The minimum Gasteiger partial charge on any atom is -0.367 e. The molecule has 1 aromatic carbocycles. The third kappa shape index (κ3) is 3.38. The monoisotopic (exact) mass is 285 g/mol. The van der Waals surface area contributed by atoms with Crippen LogP contribution in [0.2, 0.25) is 0 Å². The van der Waals surface area contributed by atoms with Gasteiger partial charge in [0.05, 0.1) is 0 Å². The van der Waals surface area contributed by atoms with E-state index in [0.29, 0.717) is 0 Å². The van der Waals surface area contributed by atoms with Gasteiger partial charge in [0.25, 0.3) is 0 Å². The Morgan fingerprint density at radius 2 is 1.90 bits per heavy atom. The molecule has 1 aliphatic rings. The predicted octanol–water partition coefficient (Wildman–Crippen LogP) is 3.54. The van der Waals surface area contributed by atoms with Crippen LogP contribution in [0.1, 0.15) is 36.6 Å². The number of nitrogens with one attached hydrogen (secondary N) is 1. The molecule has 0 aliphatic heterocycles. The van der Waals surface area contributed by atoms with E-state index in [9.17, 15) is 4.39 Å². The highest BCUT2D eigenvalue weighted by molar-refractivity contribution is 5.47. The Bertz CT molecular complexity index is 610. The second-order valence-electron chi connectivity index (χ2n) is 5.73. The number of aryl methyl sites for hydroxylation is 1. The molecule has 110 valence electrons. The molecule has 1 heterocycles. The zero-order valence-corrected chi connectivity index (χ0v) is 12.3. The van der Waals surface area contributed by atoms with Crippen molar-refractivity contribution in [2.45, 2.75) is 45.1 Å². The van der Waals surface area contributed by atoms with E-state index in [1.54, 1.807) is 6.33 Å². The summed E-state index contributed by atoms with van der Waals surface area (Å²) in [6.45, 7) is 2.13. The number of benzene rings is 1. The zero-order chi connectivity index (χ0) is 14.7. The van der Waals surface area contributed by atoms with Crippen molar-refractivity contribution in [3.63, 3.8) is 0 Å². The first-order valence-corrected chi connectivity index (χ1v) is 7.56. The van der Waals surface area contributed by atoms with Crippen LogP contribution in [0.5, 0.6) is 0 Å². The largest absolute Gasteiger partial charge is 0.367 e. The van der Waals surface area contributed by atoms with Crippen molar-refractivity contribution in [3.8, 4) is 0 Å². The van der Waals surface area contributed by atoms with Crippen molar-refractivity contribution in [2.24, 2.45) is 0 Å². The maximum Gasteiger partial charge on any atom is 0.133 e. The number of nitrogens with zero attached hydrogens (tertiary/aromatic N) is 2. The van der Waals surface area contributed by atoms with Gasteiger partial charge in [-0.1, -0.05) is 12.1 Å². The van der Waals surface area contributed by atoms with Crippen LogP contribution < -0.4 is 5.32 Å². The van der Waals surface area contributed by atoms with Gasteiger partial charge < -0.3 is 5.32 Å². The fraction of sp³-hybridized carbons (Fsp3) is 0.412. The Morgan fingerprint density at radius 1 is 1.14 bits per heavy atom. The minimum absolute atomic E-state index is 0.191. The lowest BCUT2D eigenvalue weighted by atomic mass is 9.96. The molecule has 0 amide bonds. The van der Waals surface area contributed by atoms with Crippen molar-refractivity contribution in [3.05, 3.63) is 53.2 Å². The summed E-state index contributed by atoms with van der Waals surface area (Å²) in [5.74, 6) is 0.776. The molecule has 4 heteroatoms. The van der Waals surface area contributed by atoms with Crippen LogP contribution >= 0.6 is 0 Å². The van der Waals surface area contributed by atoms with Crippen molar-refractivity contribution >= 4 is 5.82 Å². The first-order chi connectivity index (χ1) is 10.2. The Morgan fingerprint density at radius 3 is 2.71 bits per heavy atom. The maximum absolute atomic E-state index is 12.9. The summed E-state index contributed by atoms with van der Waals surface area (Å²) in [5, 5.41) is 3.49. The van der Waals surface area contributed by atoms with Gasteiger partial charge in [-0.05, 0) is 56.7 Å². The summed E-state index contributed by atoms with van der Waals surface area (Å²) in [6.07, 6.45) is 7.03. The SMILES string of the molecule is CC(Cc1ccc(F)cc1)Nc1ncnc2c1CCCC2. The van der Waals surface area contributed by atoms with Crippen LogP contribution in [0.25, 0.3) is 0 Å².